The maximum Gasteiger partial charge on any atom is 0.0878 e. The zero-order valence-corrected chi connectivity index (χ0v) is 6.47. The van der Waals surface area contributed by atoms with Gasteiger partial charge in [-0.2, -0.15) is 5.10 Å². The Morgan fingerprint density at radius 2 is 2.45 bits per heavy atom. The number of rotatable bonds is 1. The molecule has 2 rings (SSSR count). The minimum Gasteiger partial charge on any atom is -0.276 e. The van der Waals surface area contributed by atoms with E-state index in [1.807, 2.05) is 6.07 Å². The highest BCUT2D eigenvalue weighted by Crippen LogP contribution is 2.13. The predicted molar refractivity (Wildman–Crippen MR) is 43.4 cm³/mol. The van der Waals surface area contributed by atoms with Gasteiger partial charge in [-0.1, -0.05) is 0 Å². The summed E-state index contributed by atoms with van der Waals surface area (Å²) in [6, 6.07) is 1.90. The molecule has 1 N–H and O–H groups in total. The average Bonchev–Trinajstić information content (AvgIpc) is 2.50. The smallest absolute Gasteiger partial charge is 0.0878 e. The molecule has 0 unspecified atom stereocenters. The van der Waals surface area contributed by atoms with E-state index in [0.717, 1.165) is 16.6 Å². The fraction of sp³-hybridized carbons (Fsp3) is 0.143. The number of alkyl halides is 1. The van der Waals surface area contributed by atoms with E-state index in [-0.39, 0.29) is 0 Å². The van der Waals surface area contributed by atoms with Gasteiger partial charge < -0.3 is 0 Å². The molecule has 0 bridgehead atoms. The van der Waals surface area contributed by atoms with Crippen LogP contribution < -0.4 is 0 Å². The van der Waals surface area contributed by atoms with Crippen LogP contribution in [0.5, 0.6) is 0 Å². The Balaban J connectivity index is 2.79. The summed E-state index contributed by atoms with van der Waals surface area (Å²) < 4.78 is 0. The molecular weight excluding hydrogens is 162 g/mol. The monoisotopic (exact) mass is 167 g/mol. The molecule has 2 aromatic rings. The van der Waals surface area contributed by atoms with E-state index in [9.17, 15) is 0 Å². The van der Waals surface area contributed by atoms with Crippen molar-refractivity contribution in [2.75, 3.05) is 0 Å². The normalized spacial score (nSPS) is 10.6. The molecule has 0 amide bonds. The Labute approximate surface area is 68.4 Å². The van der Waals surface area contributed by atoms with E-state index in [1.165, 1.54) is 0 Å². The van der Waals surface area contributed by atoms with Crippen LogP contribution in [0.3, 0.4) is 0 Å². The van der Waals surface area contributed by atoms with E-state index in [2.05, 4.69) is 15.2 Å². The van der Waals surface area contributed by atoms with E-state index >= 15 is 0 Å². The molecule has 2 heterocycles. The number of aromatic nitrogens is 3. The summed E-state index contributed by atoms with van der Waals surface area (Å²) in [4.78, 5) is 4.09. The van der Waals surface area contributed by atoms with Gasteiger partial charge in [0.25, 0.3) is 0 Å². The van der Waals surface area contributed by atoms with Crippen LogP contribution in [0.15, 0.2) is 18.5 Å². The summed E-state index contributed by atoms with van der Waals surface area (Å²) in [6.45, 7) is 0. The van der Waals surface area contributed by atoms with E-state index < -0.39 is 0 Å². The second-order valence-corrected chi connectivity index (χ2v) is 2.49. The first-order valence-electron chi connectivity index (χ1n) is 3.25. The Bertz CT molecular complexity index is 368. The first-order valence-corrected chi connectivity index (χ1v) is 3.78. The summed E-state index contributed by atoms with van der Waals surface area (Å²) in [5.74, 6) is 0.416. The van der Waals surface area contributed by atoms with Gasteiger partial charge in [-0.3, -0.25) is 10.1 Å². The van der Waals surface area contributed by atoms with Crippen LogP contribution in [0.1, 0.15) is 5.69 Å². The van der Waals surface area contributed by atoms with E-state index in [4.69, 9.17) is 11.6 Å². The van der Waals surface area contributed by atoms with E-state index in [1.54, 1.807) is 12.4 Å². The van der Waals surface area contributed by atoms with Crippen LogP contribution in [0.4, 0.5) is 0 Å². The Morgan fingerprint density at radius 3 is 3.27 bits per heavy atom. The van der Waals surface area contributed by atoms with Gasteiger partial charge in [0, 0.05) is 11.6 Å². The second kappa shape index (κ2) is 2.51. The molecule has 0 saturated heterocycles. The van der Waals surface area contributed by atoms with Crippen molar-refractivity contribution < 1.29 is 0 Å². The van der Waals surface area contributed by atoms with Crippen LogP contribution in [0.2, 0.25) is 0 Å². The fourth-order valence-electron chi connectivity index (χ4n) is 1.03. The molecule has 11 heavy (non-hydrogen) atoms. The third kappa shape index (κ3) is 0.973. The fourth-order valence-corrected chi connectivity index (χ4v) is 1.23. The van der Waals surface area contributed by atoms with Gasteiger partial charge in [-0.15, -0.1) is 11.6 Å². The summed E-state index contributed by atoms with van der Waals surface area (Å²) in [7, 11) is 0. The lowest BCUT2D eigenvalue weighted by atomic mass is 10.3. The summed E-state index contributed by atoms with van der Waals surface area (Å²) in [6.07, 6.45) is 3.49. The summed E-state index contributed by atoms with van der Waals surface area (Å²) >= 11 is 5.65. The van der Waals surface area contributed by atoms with Gasteiger partial charge in [-0.25, -0.2) is 0 Å². The van der Waals surface area contributed by atoms with Crippen molar-refractivity contribution in [3.8, 4) is 0 Å². The SMILES string of the molecule is ClCc1nccc2cn[nH]c12. The summed E-state index contributed by atoms with van der Waals surface area (Å²) in [5.41, 5.74) is 1.78. The summed E-state index contributed by atoms with van der Waals surface area (Å²) in [5, 5.41) is 7.78. The van der Waals surface area contributed by atoms with Crippen molar-refractivity contribution in [2.24, 2.45) is 0 Å². The lowest BCUT2D eigenvalue weighted by Crippen LogP contribution is -1.85. The zero-order valence-electron chi connectivity index (χ0n) is 5.71. The van der Waals surface area contributed by atoms with Crippen molar-refractivity contribution in [1.82, 2.24) is 15.2 Å². The van der Waals surface area contributed by atoms with Gasteiger partial charge in [-0.05, 0) is 6.07 Å². The quantitative estimate of drug-likeness (QED) is 0.657. The largest absolute Gasteiger partial charge is 0.276 e. The molecule has 0 aliphatic rings. The molecule has 0 spiro atoms. The Kier molecular flexibility index (Phi) is 1.51. The van der Waals surface area contributed by atoms with Crippen molar-refractivity contribution in [2.45, 2.75) is 5.88 Å². The predicted octanol–water partition coefficient (Wildman–Crippen LogP) is 1.70. The van der Waals surface area contributed by atoms with Crippen molar-refractivity contribution in [1.29, 1.82) is 0 Å². The molecule has 4 heteroatoms. The highest BCUT2D eigenvalue weighted by molar-refractivity contribution is 6.17. The number of H-pyrrole nitrogens is 1. The van der Waals surface area contributed by atoms with Gasteiger partial charge >= 0.3 is 0 Å². The zero-order chi connectivity index (χ0) is 7.68. The Hall–Kier alpha value is -1.09. The average molecular weight is 168 g/mol. The number of hydrogen-bond acceptors (Lipinski definition) is 2. The molecule has 0 saturated carbocycles. The van der Waals surface area contributed by atoms with Crippen LogP contribution in [0, 0.1) is 0 Å². The number of nitrogens with zero attached hydrogens (tertiary/aromatic N) is 2. The topological polar surface area (TPSA) is 41.6 Å². The first-order chi connectivity index (χ1) is 5.42. The van der Waals surface area contributed by atoms with E-state index in [0.29, 0.717) is 5.88 Å². The molecule has 0 aliphatic carbocycles. The van der Waals surface area contributed by atoms with Crippen LogP contribution in [-0.4, -0.2) is 15.2 Å². The lowest BCUT2D eigenvalue weighted by Gasteiger charge is -1.93. The third-order valence-electron chi connectivity index (χ3n) is 1.57. The second-order valence-electron chi connectivity index (χ2n) is 2.23. The number of pyridine rings is 1. The molecule has 0 atom stereocenters. The van der Waals surface area contributed by atoms with Crippen molar-refractivity contribution >= 4 is 22.5 Å². The van der Waals surface area contributed by atoms with Gasteiger partial charge in [0.15, 0.2) is 0 Å². The standard InChI is InChI=1S/C7H6ClN3/c8-3-6-7-5(1-2-9-6)4-10-11-7/h1-2,4H,3H2,(H,10,11). The molecule has 56 valence electrons. The lowest BCUT2D eigenvalue weighted by molar-refractivity contribution is 1.09. The van der Waals surface area contributed by atoms with Crippen LogP contribution >= 0.6 is 11.6 Å². The molecule has 3 nitrogen and oxygen atoms in total. The minimum absolute atomic E-state index is 0.416. The van der Waals surface area contributed by atoms with Gasteiger partial charge in [0.05, 0.1) is 23.3 Å². The van der Waals surface area contributed by atoms with Crippen LogP contribution in [-0.2, 0) is 5.88 Å². The third-order valence-corrected chi connectivity index (χ3v) is 1.82. The molecule has 0 aromatic carbocycles. The molecule has 2 aromatic heterocycles. The highest BCUT2D eigenvalue weighted by Gasteiger charge is 2.00. The number of halogens is 1. The molecule has 0 radical (unpaired) electrons. The maximum absolute atomic E-state index is 5.65. The van der Waals surface area contributed by atoms with Gasteiger partial charge in [0.2, 0.25) is 0 Å². The number of nitrogens with one attached hydrogen (secondary N) is 1. The first kappa shape index (κ1) is 6.61. The number of fused-ring (bicyclic) bond motifs is 1. The Morgan fingerprint density at radius 1 is 1.55 bits per heavy atom. The molecule has 0 fully saturated rings. The number of hydrogen-bond donors (Lipinski definition) is 1. The van der Waals surface area contributed by atoms with Crippen molar-refractivity contribution in [3.05, 3.63) is 24.2 Å². The van der Waals surface area contributed by atoms with Crippen LogP contribution in [0.25, 0.3) is 10.9 Å². The molecule has 0 aliphatic heterocycles. The highest BCUT2D eigenvalue weighted by atomic mass is 35.5. The minimum atomic E-state index is 0.416. The maximum atomic E-state index is 5.65. The number of aromatic amines is 1. The van der Waals surface area contributed by atoms with Crippen molar-refractivity contribution in [3.63, 3.8) is 0 Å². The van der Waals surface area contributed by atoms with Gasteiger partial charge in [0.1, 0.15) is 0 Å². The molecular formula is C7H6ClN3.